The van der Waals surface area contributed by atoms with Crippen LogP contribution in [-0.4, -0.2) is 62.3 Å². The highest BCUT2D eigenvalue weighted by atomic mass is 32.2. The van der Waals surface area contributed by atoms with Gasteiger partial charge in [-0.25, -0.2) is 0 Å². The van der Waals surface area contributed by atoms with Gasteiger partial charge in [-0.05, 0) is 49.9 Å². The molecule has 0 aromatic rings. The van der Waals surface area contributed by atoms with Crippen molar-refractivity contribution in [3.8, 4) is 0 Å². The summed E-state index contributed by atoms with van der Waals surface area (Å²) in [6, 6.07) is 0. The van der Waals surface area contributed by atoms with E-state index in [9.17, 15) is 0 Å². The number of hydrogen-bond donors (Lipinski definition) is 1. The summed E-state index contributed by atoms with van der Waals surface area (Å²) < 4.78 is 5.59. The Balaban J connectivity index is 1.87. The highest BCUT2D eigenvalue weighted by Gasteiger charge is 2.34. The van der Waals surface area contributed by atoms with E-state index in [1.54, 1.807) is 0 Å². The summed E-state index contributed by atoms with van der Waals surface area (Å²) in [6.45, 7) is 10.3. The Morgan fingerprint density at radius 3 is 2.84 bits per heavy atom. The van der Waals surface area contributed by atoms with E-state index in [4.69, 9.17) is 4.74 Å². The normalized spacial score (nSPS) is 25.1. The lowest BCUT2D eigenvalue weighted by atomic mass is 9.79. The van der Waals surface area contributed by atoms with Gasteiger partial charge >= 0.3 is 0 Å². The summed E-state index contributed by atoms with van der Waals surface area (Å²) in [5, 5.41) is 3.66. The lowest BCUT2D eigenvalue weighted by Gasteiger charge is -2.41. The van der Waals surface area contributed by atoms with Gasteiger partial charge in [0.2, 0.25) is 0 Å². The van der Waals surface area contributed by atoms with Crippen LogP contribution in [0.5, 0.6) is 0 Å². The molecule has 2 rings (SSSR count). The standard InChI is InChI=1S/C15H30N2OS/c1-2-6-16-13-15(4-9-18-10-5-15)14-17-7-3-11-19-12-8-17/h16H,2-14H2,1H3. The van der Waals surface area contributed by atoms with Crippen molar-refractivity contribution >= 4 is 11.8 Å². The molecule has 0 bridgehead atoms. The average Bonchev–Trinajstić information content (AvgIpc) is 2.69. The number of rotatable bonds is 6. The second-order valence-electron chi connectivity index (χ2n) is 6.03. The first-order valence-electron chi connectivity index (χ1n) is 7.93. The quantitative estimate of drug-likeness (QED) is 0.757. The largest absolute Gasteiger partial charge is 0.381 e. The van der Waals surface area contributed by atoms with Gasteiger partial charge in [0.05, 0.1) is 0 Å². The molecule has 0 amide bonds. The topological polar surface area (TPSA) is 24.5 Å². The highest BCUT2D eigenvalue weighted by molar-refractivity contribution is 7.99. The summed E-state index contributed by atoms with van der Waals surface area (Å²) >= 11 is 2.12. The van der Waals surface area contributed by atoms with E-state index in [0.717, 1.165) is 19.8 Å². The molecule has 2 aliphatic rings. The Bertz CT molecular complexity index is 236. The van der Waals surface area contributed by atoms with Crippen LogP contribution in [0.1, 0.15) is 32.6 Å². The third kappa shape index (κ3) is 5.25. The highest BCUT2D eigenvalue weighted by Crippen LogP contribution is 2.31. The van der Waals surface area contributed by atoms with E-state index in [1.165, 1.54) is 63.4 Å². The van der Waals surface area contributed by atoms with Crippen molar-refractivity contribution in [1.29, 1.82) is 0 Å². The van der Waals surface area contributed by atoms with Gasteiger partial charge in [0.25, 0.3) is 0 Å². The van der Waals surface area contributed by atoms with Gasteiger partial charge in [-0.15, -0.1) is 0 Å². The fourth-order valence-electron chi connectivity index (χ4n) is 3.16. The Morgan fingerprint density at radius 1 is 1.21 bits per heavy atom. The van der Waals surface area contributed by atoms with E-state index in [0.29, 0.717) is 5.41 Å². The molecule has 0 aliphatic carbocycles. The number of thioether (sulfide) groups is 1. The molecule has 19 heavy (non-hydrogen) atoms. The summed E-state index contributed by atoms with van der Waals surface area (Å²) in [6.07, 6.45) is 5.05. The second-order valence-corrected chi connectivity index (χ2v) is 7.26. The van der Waals surface area contributed by atoms with Gasteiger partial charge in [-0.1, -0.05) is 6.92 Å². The molecule has 1 N–H and O–H groups in total. The molecule has 2 fully saturated rings. The van der Waals surface area contributed by atoms with E-state index < -0.39 is 0 Å². The Hall–Kier alpha value is 0.230. The third-order valence-electron chi connectivity index (χ3n) is 4.35. The van der Waals surface area contributed by atoms with E-state index in [-0.39, 0.29) is 0 Å². The first-order chi connectivity index (χ1) is 9.35. The lowest BCUT2D eigenvalue weighted by molar-refractivity contribution is -0.00317. The monoisotopic (exact) mass is 286 g/mol. The van der Waals surface area contributed by atoms with Crippen LogP contribution >= 0.6 is 11.8 Å². The molecular formula is C15H30N2OS. The van der Waals surface area contributed by atoms with Crippen molar-refractivity contribution < 1.29 is 4.74 Å². The third-order valence-corrected chi connectivity index (χ3v) is 5.40. The molecule has 112 valence electrons. The zero-order valence-corrected chi connectivity index (χ0v) is 13.3. The van der Waals surface area contributed by atoms with Crippen molar-refractivity contribution in [2.75, 3.05) is 57.4 Å². The van der Waals surface area contributed by atoms with Crippen LogP contribution in [0.2, 0.25) is 0 Å². The van der Waals surface area contributed by atoms with E-state index in [2.05, 4.69) is 28.9 Å². The Morgan fingerprint density at radius 2 is 2.05 bits per heavy atom. The maximum absolute atomic E-state index is 5.59. The maximum atomic E-state index is 5.59. The van der Waals surface area contributed by atoms with Gasteiger partial charge < -0.3 is 15.0 Å². The van der Waals surface area contributed by atoms with Gasteiger partial charge in [0, 0.05) is 38.6 Å². The zero-order chi connectivity index (χ0) is 13.4. The van der Waals surface area contributed by atoms with Crippen LogP contribution in [0.15, 0.2) is 0 Å². The van der Waals surface area contributed by atoms with Crippen LogP contribution in [0.3, 0.4) is 0 Å². The molecule has 0 radical (unpaired) electrons. The number of nitrogens with zero attached hydrogens (tertiary/aromatic N) is 1. The van der Waals surface area contributed by atoms with Gasteiger partial charge in [-0.3, -0.25) is 0 Å². The SMILES string of the molecule is CCCNCC1(CN2CCCSCC2)CCOCC1. The first kappa shape index (κ1) is 15.6. The molecule has 0 unspecified atom stereocenters. The maximum Gasteiger partial charge on any atom is 0.0472 e. The second kappa shape index (κ2) is 8.50. The van der Waals surface area contributed by atoms with Crippen LogP contribution in [0, 0.1) is 5.41 Å². The number of nitrogens with one attached hydrogen (secondary N) is 1. The smallest absolute Gasteiger partial charge is 0.0472 e. The van der Waals surface area contributed by atoms with Crippen LogP contribution in [0.25, 0.3) is 0 Å². The summed E-state index contributed by atoms with van der Waals surface area (Å²) in [5.74, 6) is 2.66. The van der Waals surface area contributed by atoms with Crippen LogP contribution < -0.4 is 5.32 Å². The Labute approximate surface area is 122 Å². The predicted molar refractivity (Wildman–Crippen MR) is 84.0 cm³/mol. The molecule has 0 aromatic carbocycles. The van der Waals surface area contributed by atoms with Crippen LogP contribution in [-0.2, 0) is 4.74 Å². The molecule has 0 spiro atoms. The lowest BCUT2D eigenvalue weighted by Crippen LogP contribution is -2.48. The molecule has 2 heterocycles. The molecule has 0 saturated carbocycles. The van der Waals surface area contributed by atoms with Gasteiger partial charge in [0.1, 0.15) is 0 Å². The number of hydrogen-bond acceptors (Lipinski definition) is 4. The molecular weight excluding hydrogens is 256 g/mol. The average molecular weight is 286 g/mol. The summed E-state index contributed by atoms with van der Waals surface area (Å²) in [4.78, 5) is 2.71. The zero-order valence-electron chi connectivity index (χ0n) is 12.5. The summed E-state index contributed by atoms with van der Waals surface area (Å²) in [7, 11) is 0. The van der Waals surface area contributed by atoms with E-state index in [1.807, 2.05) is 0 Å². The molecule has 0 atom stereocenters. The minimum Gasteiger partial charge on any atom is -0.381 e. The van der Waals surface area contributed by atoms with Crippen molar-refractivity contribution in [3.63, 3.8) is 0 Å². The van der Waals surface area contributed by atoms with Crippen molar-refractivity contribution in [2.24, 2.45) is 5.41 Å². The Kier molecular flexibility index (Phi) is 6.99. The molecule has 2 saturated heterocycles. The molecule has 4 heteroatoms. The predicted octanol–water partition coefficient (Wildman–Crippen LogP) is 2.22. The molecule has 2 aliphatic heterocycles. The van der Waals surface area contributed by atoms with Crippen molar-refractivity contribution in [1.82, 2.24) is 10.2 Å². The minimum atomic E-state index is 0.461. The molecule has 0 aromatic heterocycles. The number of ether oxygens (including phenoxy) is 1. The first-order valence-corrected chi connectivity index (χ1v) is 9.09. The fraction of sp³-hybridized carbons (Fsp3) is 1.00. The van der Waals surface area contributed by atoms with Crippen molar-refractivity contribution in [2.45, 2.75) is 32.6 Å². The van der Waals surface area contributed by atoms with Crippen molar-refractivity contribution in [3.05, 3.63) is 0 Å². The summed E-state index contributed by atoms with van der Waals surface area (Å²) in [5.41, 5.74) is 0.461. The van der Waals surface area contributed by atoms with Gasteiger partial charge in [-0.2, -0.15) is 11.8 Å². The van der Waals surface area contributed by atoms with Crippen LogP contribution in [0.4, 0.5) is 0 Å². The molecule has 3 nitrogen and oxygen atoms in total. The van der Waals surface area contributed by atoms with Gasteiger partial charge in [0.15, 0.2) is 0 Å². The minimum absolute atomic E-state index is 0.461. The fourth-order valence-corrected chi connectivity index (χ4v) is 4.08. The van der Waals surface area contributed by atoms with E-state index >= 15 is 0 Å².